The third-order valence-corrected chi connectivity index (χ3v) is 3.56. The molecular weight excluding hydrogens is 254 g/mol. The SMILES string of the molecule is CC(C)C(C)CC(=O)N[C@H](Cc1ccccc1)C(=O)O. The molecule has 20 heavy (non-hydrogen) atoms. The number of aliphatic carboxylic acids is 1. The molecule has 0 aliphatic carbocycles. The van der Waals surface area contributed by atoms with E-state index in [-0.39, 0.29) is 11.8 Å². The van der Waals surface area contributed by atoms with Crippen LogP contribution < -0.4 is 5.32 Å². The lowest BCUT2D eigenvalue weighted by Crippen LogP contribution is -2.43. The van der Waals surface area contributed by atoms with Crippen molar-refractivity contribution in [1.29, 1.82) is 0 Å². The smallest absolute Gasteiger partial charge is 0.326 e. The second-order valence-corrected chi connectivity index (χ2v) is 5.57. The van der Waals surface area contributed by atoms with E-state index in [1.165, 1.54) is 0 Å². The highest BCUT2D eigenvalue weighted by atomic mass is 16.4. The predicted octanol–water partition coefficient (Wildman–Crippen LogP) is 2.48. The molecule has 0 aromatic heterocycles. The van der Waals surface area contributed by atoms with Gasteiger partial charge in [0.25, 0.3) is 0 Å². The maximum Gasteiger partial charge on any atom is 0.326 e. The molecule has 0 bridgehead atoms. The minimum Gasteiger partial charge on any atom is -0.480 e. The fourth-order valence-electron chi connectivity index (χ4n) is 1.83. The zero-order valence-electron chi connectivity index (χ0n) is 12.3. The Morgan fingerprint density at radius 1 is 1.15 bits per heavy atom. The summed E-state index contributed by atoms with van der Waals surface area (Å²) in [4.78, 5) is 23.1. The molecule has 1 rings (SSSR count). The van der Waals surface area contributed by atoms with Crippen LogP contribution >= 0.6 is 0 Å². The summed E-state index contributed by atoms with van der Waals surface area (Å²) in [6.07, 6.45) is 0.661. The van der Waals surface area contributed by atoms with Gasteiger partial charge in [0.2, 0.25) is 5.91 Å². The van der Waals surface area contributed by atoms with Crippen LogP contribution in [0.2, 0.25) is 0 Å². The molecule has 2 N–H and O–H groups in total. The van der Waals surface area contributed by atoms with Crippen LogP contribution in [0.15, 0.2) is 30.3 Å². The molecule has 1 amide bonds. The number of carboxylic acids is 1. The molecule has 0 saturated heterocycles. The van der Waals surface area contributed by atoms with Crippen molar-refractivity contribution < 1.29 is 14.7 Å². The Kier molecular flexibility index (Phi) is 6.22. The lowest BCUT2D eigenvalue weighted by atomic mass is 9.94. The number of hydrogen-bond acceptors (Lipinski definition) is 2. The molecule has 1 aromatic carbocycles. The van der Waals surface area contributed by atoms with Crippen LogP contribution in [0.1, 0.15) is 32.8 Å². The van der Waals surface area contributed by atoms with Gasteiger partial charge < -0.3 is 10.4 Å². The van der Waals surface area contributed by atoms with E-state index in [1.54, 1.807) is 0 Å². The maximum atomic E-state index is 11.9. The average Bonchev–Trinajstić information content (AvgIpc) is 2.38. The van der Waals surface area contributed by atoms with Crippen LogP contribution in [-0.4, -0.2) is 23.0 Å². The minimum atomic E-state index is -1.00. The summed E-state index contributed by atoms with van der Waals surface area (Å²) in [6.45, 7) is 6.10. The topological polar surface area (TPSA) is 66.4 Å². The van der Waals surface area contributed by atoms with E-state index < -0.39 is 12.0 Å². The van der Waals surface area contributed by atoms with Gasteiger partial charge in [-0.1, -0.05) is 51.1 Å². The summed E-state index contributed by atoms with van der Waals surface area (Å²) in [6, 6.07) is 8.44. The van der Waals surface area contributed by atoms with E-state index >= 15 is 0 Å². The van der Waals surface area contributed by atoms with E-state index in [2.05, 4.69) is 19.2 Å². The second kappa shape index (κ2) is 7.68. The van der Waals surface area contributed by atoms with E-state index in [4.69, 9.17) is 0 Å². The first-order chi connectivity index (χ1) is 9.40. The largest absolute Gasteiger partial charge is 0.480 e. The molecule has 0 saturated carbocycles. The maximum absolute atomic E-state index is 11.9. The van der Waals surface area contributed by atoms with E-state index in [1.807, 2.05) is 37.3 Å². The second-order valence-electron chi connectivity index (χ2n) is 5.57. The molecule has 4 nitrogen and oxygen atoms in total. The number of carboxylic acid groups (broad SMARTS) is 1. The quantitative estimate of drug-likeness (QED) is 0.804. The molecule has 1 aromatic rings. The van der Waals surface area contributed by atoms with E-state index in [0.717, 1.165) is 5.56 Å². The summed E-state index contributed by atoms with van der Waals surface area (Å²) in [7, 11) is 0. The Morgan fingerprint density at radius 3 is 2.25 bits per heavy atom. The summed E-state index contributed by atoms with van der Waals surface area (Å²) in [5, 5.41) is 11.8. The third-order valence-electron chi connectivity index (χ3n) is 3.56. The van der Waals surface area contributed by atoms with Gasteiger partial charge in [0.05, 0.1) is 0 Å². The van der Waals surface area contributed by atoms with Crippen LogP contribution in [-0.2, 0) is 16.0 Å². The monoisotopic (exact) mass is 277 g/mol. The lowest BCUT2D eigenvalue weighted by Gasteiger charge is -2.18. The van der Waals surface area contributed by atoms with Crippen LogP contribution in [0.5, 0.6) is 0 Å². The number of carbonyl (C=O) groups excluding carboxylic acids is 1. The van der Waals surface area contributed by atoms with Gasteiger partial charge in [0.15, 0.2) is 0 Å². The molecular formula is C16H23NO3. The van der Waals surface area contributed by atoms with Gasteiger partial charge in [-0.25, -0.2) is 4.79 Å². The fourth-order valence-corrected chi connectivity index (χ4v) is 1.83. The molecule has 0 aliphatic heterocycles. The minimum absolute atomic E-state index is 0.200. The molecule has 110 valence electrons. The van der Waals surface area contributed by atoms with Crippen molar-refractivity contribution in [2.24, 2.45) is 11.8 Å². The normalized spacial score (nSPS) is 13.8. The Balaban J connectivity index is 2.59. The molecule has 2 atom stereocenters. The first kappa shape index (κ1) is 16.2. The number of benzene rings is 1. The van der Waals surface area contributed by atoms with Crippen LogP contribution in [0.25, 0.3) is 0 Å². The fraction of sp³-hybridized carbons (Fsp3) is 0.500. The van der Waals surface area contributed by atoms with Crippen molar-refractivity contribution >= 4 is 11.9 Å². The van der Waals surface area contributed by atoms with Crippen molar-refractivity contribution in [2.75, 3.05) is 0 Å². The molecule has 0 heterocycles. The Labute approximate surface area is 120 Å². The Hall–Kier alpha value is -1.84. The molecule has 4 heteroatoms. The zero-order chi connectivity index (χ0) is 15.1. The first-order valence-corrected chi connectivity index (χ1v) is 6.96. The lowest BCUT2D eigenvalue weighted by molar-refractivity contribution is -0.142. The zero-order valence-corrected chi connectivity index (χ0v) is 12.3. The summed E-state index contributed by atoms with van der Waals surface area (Å²) in [5.41, 5.74) is 0.900. The molecule has 0 aliphatic rings. The first-order valence-electron chi connectivity index (χ1n) is 6.96. The van der Waals surface area contributed by atoms with Crippen molar-refractivity contribution in [3.8, 4) is 0 Å². The van der Waals surface area contributed by atoms with Crippen molar-refractivity contribution in [3.63, 3.8) is 0 Å². The number of carbonyl (C=O) groups is 2. The average molecular weight is 277 g/mol. The highest BCUT2D eigenvalue weighted by Crippen LogP contribution is 2.14. The predicted molar refractivity (Wildman–Crippen MR) is 78.3 cm³/mol. The van der Waals surface area contributed by atoms with Crippen LogP contribution in [0.4, 0.5) is 0 Å². The Bertz CT molecular complexity index is 442. The number of nitrogens with one attached hydrogen (secondary N) is 1. The van der Waals surface area contributed by atoms with Crippen molar-refractivity contribution in [3.05, 3.63) is 35.9 Å². The van der Waals surface area contributed by atoms with Gasteiger partial charge in [0.1, 0.15) is 6.04 Å². The van der Waals surface area contributed by atoms with Gasteiger partial charge in [-0.3, -0.25) is 4.79 Å². The van der Waals surface area contributed by atoms with Gasteiger partial charge in [-0.15, -0.1) is 0 Å². The number of hydrogen-bond donors (Lipinski definition) is 2. The highest BCUT2D eigenvalue weighted by molar-refractivity contribution is 5.83. The van der Waals surface area contributed by atoms with E-state index in [9.17, 15) is 14.7 Å². The number of amides is 1. The Morgan fingerprint density at radius 2 is 1.75 bits per heavy atom. The summed E-state index contributed by atoms with van der Waals surface area (Å²) < 4.78 is 0. The van der Waals surface area contributed by atoms with Crippen LogP contribution in [0, 0.1) is 11.8 Å². The third kappa shape index (κ3) is 5.43. The number of rotatable bonds is 7. The summed E-state index contributed by atoms with van der Waals surface area (Å²) in [5.74, 6) is -0.562. The standard InChI is InChI=1S/C16H23NO3/c1-11(2)12(3)9-15(18)17-14(16(19)20)10-13-7-5-4-6-8-13/h4-8,11-12,14H,9-10H2,1-3H3,(H,17,18)(H,19,20)/t12?,14-/m1/s1. The molecule has 0 fully saturated rings. The van der Waals surface area contributed by atoms with Gasteiger partial charge in [-0.2, -0.15) is 0 Å². The molecule has 0 radical (unpaired) electrons. The molecule has 0 spiro atoms. The van der Waals surface area contributed by atoms with Crippen molar-refractivity contribution in [1.82, 2.24) is 5.32 Å². The van der Waals surface area contributed by atoms with E-state index in [0.29, 0.717) is 18.8 Å². The van der Waals surface area contributed by atoms with Crippen molar-refractivity contribution in [2.45, 2.75) is 39.7 Å². The highest BCUT2D eigenvalue weighted by Gasteiger charge is 2.21. The van der Waals surface area contributed by atoms with Gasteiger partial charge in [0, 0.05) is 12.8 Å². The molecule has 1 unspecified atom stereocenters. The summed E-state index contributed by atoms with van der Waals surface area (Å²) >= 11 is 0. The van der Waals surface area contributed by atoms with Crippen LogP contribution in [0.3, 0.4) is 0 Å². The van der Waals surface area contributed by atoms with Gasteiger partial charge in [-0.05, 0) is 17.4 Å². The van der Waals surface area contributed by atoms with Gasteiger partial charge >= 0.3 is 5.97 Å².